The SMILES string of the molecule is CN(C=N/C(=C(\C=O)Oc1cc(Cl)cc(C#N)c1)C(F)(F)F)Cc1cc(-c2ccc(C(O)C(F)F)cc2)n[nH]c1=O. The Kier molecular flexibility index (Phi) is 9.93. The first-order chi connectivity index (χ1) is 19.3. The number of nitriles is 1. The van der Waals surface area contributed by atoms with Crippen LogP contribution in [0.25, 0.3) is 11.3 Å². The number of aliphatic hydroxyl groups excluding tert-OH is 1. The molecule has 9 nitrogen and oxygen atoms in total. The third-order valence-electron chi connectivity index (χ3n) is 5.31. The van der Waals surface area contributed by atoms with Crippen molar-refractivity contribution >= 4 is 24.2 Å². The number of aliphatic hydroxyl groups is 1. The molecule has 0 amide bonds. The van der Waals surface area contributed by atoms with E-state index < -0.39 is 35.7 Å². The summed E-state index contributed by atoms with van der Waals surface area (Å²) in [6.45, 7) is -0.251. The minimum absolute atomic E-state index is 0.00951. The molecule has 3 aromatic rings. The average Bonchev–Trinajstić information content (AvgIpc) is 2.92. The fraction of sp³-hybridized carbons (Fsp3) is 0.192. The van der Waals surface area contributed by atoms with Gasteiger partial charge in [0.2, 0.25) is 0 Å². The van der Waals surface area contributed by atoms with E-state index in [4.69, 9.17) is 21.6 Å². The number of allylic oxidation sites excluding steroid dienone is 2. The second-order valence-corrected chi connectivity index (χ2v) is 8.82. The summed E-state index contributed by atoms with van der Waals surface area (Å²) in [5, 5.41) is 24.6. The number of aldehydes is 1. The van der Waals surface area contributed by atoms with Gasteiger partial charge in [0.15, 0.2) is 17.7 Å². The van der Waals surface area contributed by atoms with E-state index in [1.807, 2.05) is 0 Å². The van der Waals surface area contributed by atoms with Crippen LogP contribution in [-0.4, -0.2) is 52.5 Å². The van der Waals surface area contributed by atoms with Crippen LogP contribution in [0.4, 0.5) is 22.0 Å². The molecule has 0 aliphatic rings. The largest absolute Gasteiger partial charge is 0.452 e. The highest BCUT2D eigenvalue weighted by atomic mass is 35.5. The van der Waals surface area contributed by atoms with Gasteiger partial charge in [-0.3, -0.25) is 9.59 Å². The number of H-pyrrole nitrogens is 1. The first-order valence-corrected chi connectivity index (χ1v) is 11.7. The molecule has 214 valence electrons. The lowest BCUT2D eigenvalue weighted by atomic mass is 10.0. The predicted octanol–water partition coefficient (Wildman–Crippen LogP) is 4.77. The van der Waals surface area contributed by atoms with Gasteiger partial charge in [-0.25, -0.2) is 18.9 Å². The van der Waals surface area contributed by atoms with Gasteiger partial charge in [0.25, 0.3) is 12.0 Å². The number of ether oxygens (including phenoxy) is 1. The van der Waals surface area contributed by atoms with E-state index in [-0.39, 0.29) is 46.0 Å². The molecule has 0 bridgehead atoms. The Bertz CT molecular complexity index is 1570. The van der Waals surface area contributed by atoms with Crippen molar-refractivity contribution in [1.29, 1.82) is 5.26 Å². The highest BCUT2D eigenvalue weighted by molar-refractivity contribution is 6.30. The number of alkyl halides is 5. The van der Waals surface area contributed by atoms with Crippen molar-refractivity contribution in [3.05, 3.63) is 92.1 Å². The average molecular weight is 596 g/mol. The second-order valence-electron chi connectivity index (χ2n) is 8.39. The number of rotatable bonds is 10. The number of halogens is 6. The number of aromatic nitrogens is 2. The van der Waals surface area contributed by atoms with Gasteiger partial charge in [0, 0.05) is 29.7 Å². The Morgan fingerprint density at radius 1 is 1.24 bits per heavy atom. The number of aromatic amines is 1. The number of benzene rings is 2. The van der Waals surface area contributed by atoms with Crippen LogP contribution in [0.3, 0.4) is 0 Å². The van der Waals surface area contributed by atoms with Gasteiger partial charge < -0.3 is 14.7 Å². The minimum atomic E-state index is -5.13. The molecule has 0 aliphatic heterocycles. The summed E-state index contributed by atoms with van der Waals surface area (Å²) >= 11 is 5.83. The Labute approximate surface area is 233 Å². The van der Waals surface area contributed by atoms with E-state index in [1.54, 1.807) is 6.07 Å². The van der Waals surface area contributed by atoms with Crippen molar-refractivity contribution in [2.24, 2.45) is 4.99 Å². The number of nitrogens with one attached hydrogen (secondary N) is 1. The smallest absolute Gasteiger partial charge is 0.437 e. The summed E-state index contributed by atoms with van der Waals surface area (Å²) in [6, 6.07) is 11.9. The monoisotopic (exact) mass is 595 g/mol. The van der Waals surface area contributed by atoms with E-state index >= 15 is 0 Å². The lowest BCUT2D eigenvalue weighted by molar-refractivity contribution is -0.110. The lowest BCUT2D eigenvalue weighted by Gasteiger charge is -2.15. The molecule has 1 unspecified atom stereocenters. The van der Waals surface area contributed by atoms with Crippen molar-refractivity contribution in [3.63, 3.8) is 0 Å². The standard InChI is InChI=1S/C26H19ClF5N5O4/c1-37(11-17-8-20(35-36-25(17)40)15-2-4-16(5-3-15)22(39)24(28)29)13-34-23(26(30,31)32)21(12-38)41-19-7-14(10-33)6-18(27)9-19/h2-9,12-13,22,24,39H,11H2,1H3,(H,36,40)/b23-21+,34-13?. The number of aliphatic imine (C=N–C) groups is 1. The van der Waals surface area contributed by atoms with Crippen LogP contribution >= 0.6 is 11.6 Å². The Morgan fingerprint density at radius 3 is 2.51 bits per heavy atom. The Morgan fingerprint density at radius 2 is 1.93 bits per heavy atom. The highest BCUT2D eigenvalue weighted by Gasteiger charge is 2.38. The molecule has 2 N–H and O–H groups in total. The van der Waals surface area contributed by atoms with Gasteiger partial charge in [-0.15, -0.1) is 0 Å². The maximum absolute atomic E-state index is 13.8. The third-order valence-corrected chi connectivity index (χ3v) is 5.53. The summed E-state index contributed by atoms with van der Waals surface area (Å²) < 4.78 is 71.8. The molecule has 1 heterocycles. The molecular formula is C26H19ClF5N5O4. The van der Waals surface area contributed by atoms with Crippen LogP contribution in [0.5, 0.6) is 5.75 Å². The molecule has 2 aromatic carbocycles. The Balaban J connectivity index is 1.85. The lowest BCUT2D eigenvalue weighted by Crippen LogP contribution is -2.24. The van der Waals surface area contributed by atoms with Gasteiger partial charge in [0.1, 0.15) is 11.9 Å². The molecular weight excluding hydrogens is 577 g/mol. The molecule has 0 saturated heterocycles. The number of hydrogen-bond acceptors (Lipinski definition) is 7. The maximum Gasteiger partial charge on any atom is 0.437 e. The molecule has 0 spiro atoms. The normalized spacial score (nSPS) is 13.1. The summed E-state index contributed by atoms with van der Waals surface area (Å²) in [7, 11) is 1.31. The van der Waals surface area contributed by atoms with Crippen molar-refractivity contribution in [2.45, 2.75) is 25.3 Å². The quantitative estimate of drug-likeness (QED) is 0.0862. The van der Waals surface area contributed by atoms with Crippen LogP contribution in [-0.2, 0) is 11.3 Å². The van der Waals surface area contributed by atoms with E-state index in [9.17, 15) is 36.6 Å². The minimum Gasteiger partial charge on any atom is -0.452 e. The maximum atomic E-state index is 13.8. The predicted molar refractivity (Wildman–Crippen MR) is 137 cm³/mol. The molecule has 0 aliphatic carbocycles. The van der Waals surface area contributed by atoms with E-state index in [2.05, 4.69) is 15.2 Å². The third kappa shape index (κ3) is 8.19. The zero-order valence-electron chi connectivity index (χ0n) is 20.9. The van der Waals surface area contributed by atoms with Crippen LogP contribution in [0.1, 0.15) is 22.8 Å². The van der Waals surface area contributed by atoms with Crippen LogP contribution in [0.2, 0.25) is 5.02 Å². The van der Waals surface area contributed by atoms with Crippen molar-refractivity contribution in [3.8, 4) is 23.1 Å². The van der Waals surface area contributed by atoms with E-state index in [0.29, 0.717) is 5.56 Å². The van der Waals surface area contributed by atoms with Gasteiger partial charge in [-0.1, -0.05) is 35.9 Å². The fourth-order valence-corrected chi connectivity index (χ4v) is 3.62. The van der Waals surface area contributed by atoms with Gasteiger partial charge in [-0.05, 0) is 29.8 Å². The van der Waals surface area contributed by atoms with Crippen LogP contribution < -0.4 is 10.3 Å². The molecule has 0 saturated carbocycles. The van der Waals surface area contributed by atoms with Crippen molar-refractivity contribution < 1.29 is 36.6 Å². The summed E-state index contributed by atoms with van der Waals surface area (Å²) in [5.41, 5.74) is -1.71. The zero-order chi connectivity index (χ0) is 30.3. The van der Waals surface area contributed by atoms with E-state index in [1.165, 1.54) is 43.4 Å². The number of nitrogens with zero attached hydrogens (tertiary/aromatic N) is 4. The van der Waals surface area contributed by atoms with Crippen molar-refractivity contribution in [2.75, 3.05) is 7.05 Å². The van der Waals surface area contributed by atoms with Gasteiger partial charge >= 0.3 is 6.18 Å². The number of hydrogen-bond donors (Lipinski definition) is 2. The van der Waals surface area contributed by atoms with Crippen LogP contribution in [0.15, 0.2) is 69.8 Å². The van der Waals surface area contributed by atoms with Crippen LogP contribution in [0, 0.1) is 11.3 Å². The molecule has 3 rings (SSSR count). The van der Waals surface area contributed by atoms with Crippen molar-refractivity contribution in [1.82, 2.24) is 15.1 Å². The van der Waals surface area contributed by atoms with Gasteiger partial charge in [-0.2, -0.15) is 23.5 Å². The topological polar surface area (TPSA) is 132 Å². The van der Waals surface area contributed by atoms with Gasteiger partial charge in [0.05, 0.1) is 23.7 Å². The number of carbonyl (C=O) groups excluding carboxylic acids is 1. The molecule has 0 fully saturated rings. The molecule has 1 aromatic heterocycles. The molecule has 41 heavy (non-hydrogen) atoms. The summed E-state index contributed by atoms with van der Waals surface area (Å²) in [5.74, 6) is -1.49. The first-order valence-electron chi connectivity index (χ1n) is 11.4. The molecule has 15 heteroatoms. The Hall–Kier alpha value is -4.61. The zero-order valence-corrected chi connectivity index (χ0v) is 21.6. The number of carbonyl (C=O) groups is 1. The fourth-order valence-electron chi connectivity index (χ4n) is 3.39. The first kappa shape index (κ1) is 30.9. The summed E-state index contributed by atoms with van der Waals surface area (Å²) in [6.07, 6.45) is -9.55. The highest BCUT2D eigenvalue weighted by Crippen LogP contribution is 2.31. The van der Waals surface area contributed by atoms with E-state index in [0.717, 1.165) is 23.4 Å². The summed E-state index contributed by atoms with van der Waals surface area (Å²) in [4.78, 5) is 28.3. The molecule has 1 atom stereocenters. The molecule has 0 radical (unpaired) electrons. The second kappa shape index (κ2) is 13.2.